The molecule has 0 aliphatic heterocycles. The monoisotopic (exact) mass is 299 g/mol. The molecule has 0 saturated heterocycles. The van der Waals surface area contributed by atoms with Crippen molar-refractivity contribution in [3.63, 3.8) is 0 Å². The Balaban J connectivity index is 1.95. The summed E-state index contributed by atoms with van der Waals surface area (Å²) >= 11 is 0. The summed E-state index contributed by atoms with van der Waals surface area (Å²) in [4.78, 5) is 16.5. The van der Waals surface area contributed by atoms with E-state index < -0.39 is 5.91 Å². The van der Waals surface area contributed by atoms with Crippen LogP contribution in [-0.4, -0.2) is 10.9 Å². The maximum absolute atomic E-state index is 12.3. The third-order valence-corrected chi connectivity index (χ3v) is 3.38. The fourth-order valence-corrected chi connectivity index (χ4v) is 2.27. The summed E-state index contributed by atoms with van der Waals surface area (Å²) in [5.74, 6) is -0.431. The first kappa shape index (κ1) is 14.5. The van der Waals surface area contributed by atoms with E-state index in [0.717, 1.165) is 16.5 Å². The molecule has 23 heavy (non-hydrogen) atoms. The van der Waals surface area contributed by atoms with Gasteiger partial charge in [-0.05, 0) is 35.9 Å². The molecule has 0 radical (unpaired) electrons. The molecule has 1 heterocycles. The number of para-hydroxylation sites is 2. The predicted octanol–water partition coefficient (Wildman–Crippen LogP) is 3.78. The van der Waals surface area contributed by atoms with Crippen LogP contribution in [0.5, 0.6) is 0 Å². The third-order valence-electron chi connectivity index (χ3n) is 3.38. The molecular weight excluding hydrogens is 286 g/mol. The summed E-state index contributed by atoms with van der Waals surface area (Å²) in [7, 11) is 0. The number of nitriles is 1. The molecule has 0 spiro atoms. The highest BCUT2D eigenvalue weighted by Crippen LogP contribution is 2.19. The third kappa shape index (κ3) is 3.25. The summed E-state index contributed by atoms with van der Waals surface area (Å²) in [5, 5.41) is 12.9. The van der Waals surface area contributed by atoms with Crippen LogP contribution < -0.4 is 5.32 Å². The summed E-state index contributed by atoms with van der Waals surface area (Å²) in [5.41, 5.74) is 2.31. The number of aromatic nitrogens is 1. The standard InChI is InChI=1S/C19H13N3O/c20-13-15(19(23)22-16-6-2-1-3-7-16)12-14-10-11-21-18-9-5-4-8-17(14)18/h1-12H,(H,22,23). The molecule has 4 heteroatoms. The van der Waals surface area contributed by atoms with E-state index in [9.17, 15) is 10.1 Å². The van der Waals surface area contributed by atoms with Crippen LogP contribution in [0.15, 0.2) is 72.4 Å². The first-order chi connectivity index (χ1) is 11.3. The van der Waals surface area contributed by atoms with E-state index in [0.29, 0.717) is 5.69 Å². The van der Waals surface area contributed by atoms with Crippen LogP contribution in [0.3, 0.4) is 0 Å². The van der Waals surface area contributed by atoms with Gasteiger partial charge in [0.2, 0.25) is 0 Å². The SMILES string of the molecule is N#CC(=Cc1ccnc2ccccc12)C(=O)Nc1ccccc1. The molecule has 0 saturated carbocycles. The number of amides is 1. The number of hydrogen-bond acceptors (Lipinski definition) is 3. The van der Waals surface area contributed by atoms with Gasteiger partial charge >= 0.3 is 0 Å². The van der Waals surface area contributed by atoms with E-state index in [-0.39, 0.29) is 5.57 Å². The second-order valence-electron chi connectivity index (χ2n) is 4.91. The Bertz CT molecular complexity index is 919. The molecule has 3 aromatic rings. The van der Waals surface area contributed by atoms with E-state index in [2.05, 4.69) is 10.3 Å². The lowest BCUT2D eigenvalue weighted by atomic mass is 10.1. The maximum Gasteiger partial charge on any atom is 0.266 e. The van der Waals surface area contributed by atoms with Gasteiger partial charge in [-0.2, -0.15) is 5.26 Å². The summed E-state index contributed by atoms with van der Waals surface area (Å²) in [6.45, 7) is 0. The average Bonchev–Trinajstić information content (AvgIpc) is 2.60. The number of nitrogens with one attached hydrogen (secondary N) is 1. The van der Waals surface area contributed by atoms with Gasteiger partial charge in [0.15, 0.2) is 0 Å². The van der Waals surface area contributed by atoms with E-state index in [1.165, 1.54) is 0 Å². The lowest BCUT2D eigenvalue weighted by Crippen LogP contribution is -2.13. The second-order valence-corrected chi connectivity index (χ2v) is 4.91. The van der Waals surface area contributed by atoms with Crippen molar-refractivity contribution in [2.24, 2.45) is 0 Å². The minimum absolute atomic E-state index is 0.0465. The molecule has 2 aromatic carbocycles. The molecule has 3 rings (SSSR count). The Labute approximate surface area is 133 Å². The van der Waals surface area contributed by atoms with E-state index in [1.807, 2.05) is 48.5 Å². The number of fused-ring (bicyclic) bond motifs is 1. The number of nitrogens with zero attached hydrogens (tertiary/aromatic N) is 2. The van der Waals surface area contributed by atoms with E-state index >= 15 is 0 Å². The second kappa shape index (κ2) is 6.54. The minimum atomic E-state index is -0.431. The molecule has 0 bridgehead atoms. The Morgan fingerprint density at radius 1 is 1.04 bits per heavy atom. The zero-order chi connectivity index (χ0) is 16.1. The van der Waals surface area contributed by atoms with Crippen LogP contribution in [0.25, 0.3) is 17.0 Å². The highest BCUT2D eigenvalue weighted by molar-refractivity contribution is 6.10. The van der Waals surface area contributed by atoms with Gasteiger partial charge in [0, 0.05) is 17.3 Å². The van der Waals surface area contributed by atoms with Crippen molar-refractivity contribution in [3.8, 4) is 6.07 Å². The van der Waals surface area contributed by atoms with Crippen LogP contribution in [-0.2, 0) is 4.79 Å². The highest BCUT2D eigenvalue weighted by atomic mass is 16.1. The van der Waals surface area contributed by atoms with Gasteiger partial charge < -0.3 is 5.32 Å². The summed E-state index contributed by atoms with van der Waals surface area (Å²) < 4.78 is 0. The average molecular weight is 299 g/mol. The van der Waals surface area contributed by atoms with Gasteiger partial charge in [-0.25, -0.2) is 0 Å². The molecule has 1 aromatic heterocycles. The molecule has 0 aliphatic carbocycles. The minimum Gasteiger partial charge on any atom is -0.321 e. The number of rotatable bonds is 3. The lowest BCUT2D eigenvalue weighted by molar-refractivity contribution is -0.112. The molecule has 0 atom stereocenters. The first-order valence-corrected chi connectivity index (χ1v) is 7.10. The van der Waals surface area contributed by atoms with Gasteiger partial charge in [0.25, 0.3) is 5.91 Å². The van der Waals surface area contributed by atoms with Crippen LogP contribution in [0, 0.1) is 11.3 Å². The molecular formula is C19H13N3O. The first-order valence-electron chi connectivity index (χ1n) is 7.10. The maximum atomic E-state index is 12.3. The lowest BCUT2D eigenvalue weighted by Gasteiger charge is -2.05. The Morgan fingerprint density at radius 3 is 2.57 bits per heavy atom. The zero-order valence-electron chi connectivity index (χ0n) is 12.2. The molecule has 110 valence electrons. The Kier molecular flexibility index (Phi) is 4.12. The van der Waals surface area contributed by atoms with E-state index in [1.54, 1.807) is 30.5 Å². The van der Waals surface area contributed by atoms with Crippen molar-refractivity contribution in [1.29, 1.82) is 5.26 Å². The van der Waals surface area contributed by atoms with Gasteiger partial charge in [0.1, 0.15) is 11.6 Å². The van der Waals surface area contributed by atoms with Gasteiger partial charge in [-0.3, -0.25) is 9.78 Å². The smallest absolute Gasteiger partial charge is 0.266 e. The van der Waals surface area contributed by atoms with Crippen molar-refractivity contribution >= 4 is 28.6 Å². The van der Waals surface area contributed by atoms with Crippen LogP contribution in [0.2, 0.25) is 0 Å². The number of pyridine rings is 1. The van der Waals surface area contributed by atoms with Gasteiger partial charge in [0.05, 0.1) is 5.52 Å². The highest BCUT2D eigenvalue weighted by Gasteiger charge is 2.10. The van der Waals surface area contributed by atoms with Crippen molar-refractivity contribution in [3.05, 3.63) is 78.0 Å². The van der Waals surface area contributed by atoms with Gasteiger partial charge in [-0.15, -0.1) is 0 Å². The summed E-state index contributed by atoms with van der Waals surface area (Å²) in [6.07, 6.45) is 3.25. The largest absolute Gasteiger partial charge is 0.321 e. The molecule has 4 nitrogen and oxygen atoms in total. The number of carbonyl (C=O) groups excluding carboxylic acids is 1. The van der Waals surface area contributed by atoms with Crippen molar-refractivity contribution in [1.82, 2.24) is 4.98 Å². The van der Waals surface area contributed by atoms with Crippen molar-refractivity contribution in [2.75, 3.05) is 5.32 Å². The topological polar surface area (TPSA) is 65.8 Å². The Morgan fingerprint density at radius 2 is 1.78 bits per heavy atom. The molecule has 1 amide bonds. The molecule has 0 fully saturated rings. The van der Waals surface area contributed by atoms with Crippen molar-refractivity contribution < 1.29 is 4.79 Å². The molecule has 0 aliphatic rings. The fraction of sp³-hybridized carbons (Fsp3) is 0. The normalized spacial score (nSPS) is 11.0. The van der Waals surface area contributed by atoms with Gasteiger partial charge in [-0.1, -0.05) is 36.4 Å². The number of hydrogen-bond donors (Lipinski definition) is 1. The summed E-state index contributed by atoms with van der Waals surface area (Å²) in [6, 6.07) is 20.4. The van der Waals surface area contributed by atoms with Crippen molar-refractivity contribution in [2.45, 2.75) is 0 Å². The Hall–Kier alpha value is -3.45. The molecule has 1 N–H and O–H groups in total. The van der Waals surface area contributed by atoms with Crippen LogP contribution in [0.4, 0.5) is 5.69 Å². The van der Waals surface area contributed by atoms with Crippen LogP contribution >= 0.6 is 0 Å². The molecule has 0 unspecified atom stereocenters. The quantitative estimate of drug-likeness (QED) is 0.591. The zero-order valence-corrected chi connectivity index (χ0v) is 12.2. The number of anilines is 1. The number of benzene rings is 2. The van der Waals surface area contributed by atoms with E-state index in [4.69, 9.17) is 0 Å². The number of carbonyl (C=O) groups is 1. The fourth-order valence-electron chi connectivity index (χ4n) is 2.27. The predicted molar refractivity (Wildman–Crippen MR) is 90.4 cm³/mol. The van der Waals surface area contributed by atoms with Crippen LogP contribution in [0.1, 0.15) is 5.56 Å².